The number of fused-ring (bicyclic) bond motifs is 1. The first-order chi connectivity index (χ1) is 13.0. The van der Waals surface area contributed by atoms with Crippen LogP contribution in [-0.4, -0.2) is 35.0 Å². The first-order valence-electron chi connectivity index (χ1n) is 9.31. The highest BCUT2D eigenvalue weighted by molar-refractivity contribution is 5.97. The number of pyridine rings is 1. The first kappa shape index (κ1) is 19.2. The number of aromatic nitrogens is 1. The number of ether oxygens (including phenoxy) is 1. The van der Waals surface area contributed by atoms with Gasteiger partial charge in [-0.2, -0.15) is 0 Å². The molecular formula is C22H26N2O3. The minimum absolute atomic E-state index is 0.0712. The third-order valence-electron chi connectivity index (χ3n) is 5.01. The molecule has 0 saturated heterocycles. The van der Waals surface area contributed by atoms with Crippen molar-refractivity contribution in [2.24, 2.45) is 10.9 Å². The third kappa shape index (κ3) is 4.42. The number of ketones is 1. The molecule has 0 aliphatic carbocycles. The SMILES string of the molecule is COC1=NCc2cc(CC(=O)C[C@H](c3ccccc3)[C@@H](O)C(C)C)ncc21. The second-order valence-electron chi connectivity index (χ2n) is 7.33. The van der Waals surface area contributed by atoms with Crippen molar-refractivity contribution in [3.63, 3.8) is 0 Å². The Labute approximate surface area is 160 Å². The Morgan fingerprint density at radius 3 is 2.67 bits per heavy atom. The zero-order valence-corrected chi connectivity index (χ0v) is 16.1. The molecule has 2 aromatic rings. The van der Waals surface area contributed by atoms with Gasteiger partial charge >= 0.3 is 0 Å². The average molecular weight is 366 g/mol. The van der Waals surface area contributed by atoms with E-state index in [0.717, 1.165) is 22.4 Å². The Morgan fingerprint density at radius 2 is 2.00 bits per heavy atom. The summed E-state index contributed by atoms with van der Waals surface area (Å²) in [6.45, 7) is 4.50. The number of hydrogen-bond donors (Lipinski definition) is 1. The predicted molar refractivity (Wildman–Crippen MR) is 105 cm³/mol. The Morgan fingerprint density at radius 1 is 1.26 bits per heavy atom. The third-order valence-corrected chi connectivity index (χ3v) is 5.01. The molecule has 3 rings (SSSR count). The van der Waals surface area contributed by atoms with E-state index in [1.807, 2.05) is 50.2 Å². The lowest BCUT2D eigenvalue weighted by molar-refractivity contribution is -0.119. The maximum atomic E-state index is 12.7. The van der Waals surface area contributed by atoms with Crippen molar-refractivity contribution in [1.82, 2.24) is 4.98 Å². The van der Waals surface area contributed by atoms with Crippen molar-refractivity contribution < 1.29 is 14.6 Å². The molecule has 5 nitrogen and oxygen atoms in total. The molecule has 0 spiro atoms. The highest BCUT2D eigenvalue weighted by Crippen LogP contribution is 2.28. The summed E-state index contributed by atoms with van der Waals surface area (Å²) in [5, 5.41) is 10.6. The molecule has 2 heterocycles. The zero-order valence-electron chi connectivity index (χ0n) is 16.1. The molecule has 0 amide bonds. The molecular weight excluding hydrogens is 340 g/mol. The number of aliphatic hydroxyl groups excluding tert-OH is 1. The van der Waals surface area contributed by atoms with E-state index in [4.69, 9.17) is 4.74 Å². The Bertz CT molecular complexity index is 831. The summed E-state index contributed by atoms with van der Waals surface area (Å²) in [6.07, 6.45) is 1.71. The summed E-state index contributed by atoms with van der Waals surface area (Å²) in [7, 11) is 1.59. The van der Waals surface area contributed by atoms with Gasteiger partial charge < -0.3 is 9.84 Å². The van der Waals surface area contributed by atoms with Gasteiger partial charge in [0.05, 0.1) is 25.3 Å². The van der Waals surface area contributed by atoms with Gasteiger partial charge in [0.15, 0.2) is 0 Å². The van der Waals surface area contributed by atoms with E-state index in [2.05, 4.69) is 9.98 Å². The zero-order chi connectivity index (χ0) is 19.4. The van der Waals surface area contributed by atoms with Gasteiger partial charge in [0.25, 0.3) is 0 Å². The van der Waals surface area contributed by atoms with Gasteiger partial charge in [-0.05, 0) is 23.1 Å². The van der Waals surface area contributed by atoms with Crippen molar-refractivity contribution in [2.75, 3.05) is 7.11 Å². The highest BCUT2D eigenvalue weighted by atomic mass is 16.5. The summed E-state index contributed by atoms with van der Waals surface area (Å²) >= 11 is 0. The van der Waals surface area contributed by atoms with Gasteiger partial charge in [0.1, 0.15) is 5.78 Å². The van der Waals surface area contributed by atoms with E-state index >= 15 is 0 Å². The van der Waals surface area contributed by atoms with Crippen molar-refractivity contribution in [3.8, 4) is 0 Å². The van der Waals surface area contributed by atoms with Crippen LogP contribution in [0.3, 0.4) is 0 Å². The molecule has 142 valence electrons. The molecule has 5 heteroatoms. The molecule has 1 aliphatic rings. The number of Topliss-reactive ketones (excluding diaryl/α,β-unsaturated/α-hetero) is 1. The van der Waals surface area contributed by atoms with E-state index in [9.17, 15) is 9.90 Å². The van der Waals surface area contributed by atoms with Crippen molar-refractivity contribution >= 4 is 11.7 Å². The van der Waals surface area contributed by atoms with Crippen LogP contribution in [0.4, 0.5) is 0 Å². The fraction of sp³-hybridized carbons (Fsp3) is 0.409. The van der Waals surface area contributed by atoms with Crippen LogP contribution in [0.2, 0.25) is 0 Å². The van der Waals surface area contributed by atoms with E-state index in [-0.39, 0.29) is 24.0 Å². The lowest BCUT2D eigenvalue weighted by Gasteiger charge is -2.26. The normalized spacial score (nSPS) is 15.2. The van der Waals surface area contributed by atoms with Gasteiger partial charge in [0.2, 0.25) is 5.90 Å². The second-order valence-corrected chi connectivity index (χ2v) is 7.33. The van der Waals surface area contributed by atoms with Crippen LogP contribution in [0.5, 0.6) is 0 Å². The van der Waals surface area contributed by atoms with E-state index < -0.39 is 6.10 Å². The number of hydrogen-bond acceptors (Lipinski definition) is 5. The van der Waals surface area contributed by atoms with E-state index in [0.29, 0.717) is 18.9 Å². The maximum absolute atomic E-state index is 12.7. The quantitative estimate of drug-likeness (QED) is 0.816. The maximum Gasteiger partial charge on any atom is 0.218 e. The van der Waals surface area contributed by atoms with Crippen molar-refractivity contribution in [2.45, 2.75) is 45.3 Å². The standard InChI is InChI=1S/C22H26N2O3/c1-14(2)21(26)19(15-7-5-4-6-8-15)11-18(25)10-17-9-16-12-24-22(27-3)20(16)13-23-17/h4-9,13-14,19,21,26H,10-12H2,1-3H3/t19-,21+/m1/s1. The number of carbonyl (C=O) groups is 1. The number of methoxy groups -OCH3 is 1. The monoisotopic (exact) mass is 366 g/mol. The molecule has 27 heavy (non-hydrogen) atoms. The van der Waals surface area contributed by atoms with Crippen molar-refractivity contribution in [3.05, 3.63) is 65.0 Å². The number of rotatable bonds is 7. The lowest BCUT2D eigenvalue weighted by atomic mass is 9.83. The summed E-state index contributed by atoms with van der Waals surface area (Å²) in [5.74, 6) is 0.531. The fourth-order valence-corrected chi connectivity index (χ4v) is 3.50. The fourth-order valence-electron chi connectivity index (χ4n) is 3.50. The summed E-state index contributed by atoms with van der Waals surface area (Å²) < 4.78 is 5.22. The smallest absolute Gasteiger partial charge is 0.218 e. The van der Waals surface area contributed by atoms with Crippen molar-refractivity contribution in [1.29, 1.82) is 0 Å². The number of benzene rings is 1. The minimum Gasteiger partial charge on any atom is -0.481 e. The lowest BCUT2D eigenvalue weighted by Crippen LogP contribution is -2.27. The Hall–Kier alpha value is -2.53. The van der Waals surface area contributed by atoms with Crippen LogP contribution < -0.4 is 0 Å². The van der Waals surface area contributed by atoms with Crippen LogP contribution in [0, 0.1) is 5.92 Å². The molecule has 0 fully saturated rings. The van der Waals surface area contributed by atoms with Gasteiger partial charge in [-0.25, -0.2) is 4.99 Å². The van der Waals surface area contributed by atoms with Crippen LogP contribution in [0.1, 0.15) is 48.6 Å². The molecule has 0 unspecified atom stereocenters. The van der Waals surface area contributed by atoms with Crippen LogP contribution >= 0.6 is 0 Å². The summed E-state index contributed by atoms with van der Waals surface area (Å²) in [6, 6.07) is 11.7. The average Bonchev–Trinajstić information content (AvgIpc) is 3.08. The van der Waals surface area contributed by atoms with Crippen LogP contribution in [-0.2, 0) is 22.5 Å². The van der Waals surface area contributed by atoms with Crippen LogP contribution in [0.15, 0.2) is 47.6 Å². The topological polar surface area (TPSA) is 71.8 Å². The summed E-state index contributed by atoms with van der Waals surface area (Å²) in [4.78, 5) is 21.5. The number of aliphatic hydroxyl groups is 1. The molecule has 1 aliphatic heterocycles. The second kappa shape index (κ2) is 8.44. The molecule has 1 aromatic heterocycles. The Balaban J connectivity index is 1.72. The Kier molecular flexibility index (Phi) is 6.01. The summed E-state index contributed by atoms with van der Waals surface area (Å²) in [5.41, 5.74) is 3.65. The first-order valence-corrected chi connectivity index (χ1v) is 9.31. The van der Waals surface area contributed by atoms with E-state index in [1.54, 1.807) is 13.3 Å². The number of nitrogens with zero attached hydrogens (tertiary/aromatic N) is 2. The highest BCUT2D eigenvalue weighted by Gasteiger charge is 2.27. The van der Waals surface area contributed by atoms with E-state index in [1.165, 1.54) is 0 Å². The molecule has 1 aromatic carbocycles. The molecule has 2 atom stereocenters. The molecule has 0 radical (unpaired) electrons. The molecule has 0 saturated carbocycles. The number of aliphatic imine (C=N–C) groups is 1. The van der Waals surface area contributed by atoms with Crippen LogP contribution in [0.25, 0.3) is 0 Å². The molecule has 1 N–H and O–H groups in total. The van der Waals surface area contributed by atoms with Gasteiger partial charge in [0, 0.05) is 30.7 Å². The number of carbonyl (C=O) groups excluding carboxylic acids is 1. The molecule has 0 bridgehead atoms. The van der Waals surface area contributed by atoms with Gasteiger partial charge in [-0.1, -0.05) is 44.2 Å². The predicted octanol–water partition coefficient (Wildman–Crippen LogP) is 3.29. The van der Waals surface area contributed by atoms with Gasteiger partial charge in [-0.15, -0.1) is 0 Å². The van der Waals surface area contributed by atoms with Gasteiger partial charge in [-0.3, -0.25) is 9.78 Å². The largest absolute Gasteiger partial charge is 0.481 e. The minimum atomic E-state index is -0.568.